The fourth-order valence-corrected chi connectivity index (χ4v) is 2.84. The first kappa shape index (κ1) is 16.4. The highest BCUT2D eigenvalue weighted by atomic mass is 32.2. The second kappa shape index (κ2) is 6.22. The number of hydrogen-bond acceptors (Lipinski definition) is 3. The molecule has 19 heavy (non-hydrogen) atoms. The first-order valence-corrected chi connectivity index (χ1v) is 8.72. The van der Waals surface area contributed by atoms with Crippen LogP contribution in [0.5, 0.6) is 0 Å². The van der Waals surface area contributed by atoms with Gasteiger partial charge in [0.2, 0.25) is 15.9 Å². The van der Waals surface area contributed by atoms with Gasteiger partial charge in [-0.1, -0.05) is 20.8 Å². The van der Waals surface area contributed by atoms with Gasteiger partial charge in [-0.25, -0.2) is 13.1 Å². The summed E-state index contributed by atoms with van der Waals surface area (Å²) in [7, 11) is -3.20. The van der Waals surface area contributed by atoms with Crippen molar-refractivity contribution >= 4 is 15.9 Å². The second-order valence-electron chi connectivity index (χ2n) is 6.59. The molecule has 1 saturated heterocycles. The Balaban J connectivity index is 2.64. The summed E-state index contributed by atoms with van der Waals surface area (Å²) in [6.07, 6.45) is 4.58. The molecule has 1 heterocycles. The third-order valence-electron chi connectivity index (χ3n) is 3.21. The van der Waals surface area contributed by atoms with Gasteiger partial charge in [0, 0.05) is 25.6 Å². The molecule has 1 N–H and O–H groups in total. The van der Waals surface area contributed by atoms with Crippen LogP contribution < -0.4 is 4.72 Å². The molecule has 1 unspecified atom stereocenters. The maximum Gasteiger partial charge on any atom is 0.223 e. The molecule has 0 aromatic carbocycles. The minimum absolute atomic E-state index is 0.00155. The Morgan fingerprint density at radius 2 is 1.95 bits per heavy atom. The van der Waals surface area contributed by atoms with E-state index in [0.717, 1.165) is 32.1 Å². The van der Waals surface area contributed by atoms with Gasteiger partial charge in [-0.15, -0.1) is 0 Å². The summed E-state index contributed by atoms with van der Waals surface area (Å²) in [5, 5.41) is 0. The largest absolute Gasteiger partial charge is 0.338 e. The average Bonchev–Trinajstić information content (AvgIpc) is 2.23. The smallest absolute Gasteiger partial charge is 0.223 e. The molecular weight excluding hydrogens is 264 g/mol. The van der Waals surface area contributed by atoms with Crippen LogP contribution in [0.4, 0.5) is 0 Å². The molecule has 0 aromatic heterocycles. The Morgan fingerprint density at radius 1 is 1.32 bits per heavy atom. The molecule has 0 saturated carbocycles. The number of piperidine rings is 1. The highest BCUT2D eigenvalue weighted by Crippen LogP contribution is 2.24. The number of nitrogens with zero attached hydrogens (tertiary/aromatic N) is 1. The topological polar surface area (TPSA) is 66.5 Å². The average molecular weight is 290 g/mol. The van der Waals surface area contributed by atoms with Gasteiger partial charge in [0.15, 0.2) is 0 Å². The molecule has 5 nitrogen and oxygen atoms in total. The lowest BCUT2D eigenvalue weighted by molar-refractivity contribution is -0.136. The molecule has 0 bridgehead atoms. The Kier molecular flexibility index (Phi) is 5.38. The van der Waals surface area contributed by atoms with E-state index in [1.165, 1.54) is 0 Å². The minimum atomic E-state index is -3.20. The highest BCUT2D eigenvalue weighted by Gasteiger charge is 2.29. The van der Waals surface area contributed by atoms with Crippen molar-refractivity contribution in [1.29, 1.82) is 0 Å². The monoisotopic (exact) mass is 290 g/mol. The minimum Gasteiger partial charge on any atom is -0.338 e. The lowest BCUT2D eigenvalue weighted by Crippen LogP contribution is -2.49. The van der Waals surface area contributed by atoms with E-state index >= 15 is 0 Å². The standard InChI is InChI=1S/C13H26N2O3S/c1-13(2,3)9-12(16)15-8-6-5-7-11(15)10-14-19(4,17)18/h11,14H,5-10H2,1-4H3. The third kappa shape index (κ3) is 6.38. The Morgan fingerprint density at radius 3 is 2.47 bits per heavy atom. The summed E-state index contributed by atoms with van der Waals surface area (Å²) >= 11 is 0. The third-order valence-corrected chi connectivity index (χ3v) is 3.90. The Hall–Kier alpha value is -0.620. The number of nitrogens with one attached hydrogen (secondary N) is 1. The SMILES string of the molecule is CC(C)(C)CC(=O)N1CCCCC1CNS(C)(=O)=O. The number of likely N-dealkylation sites (tertiary alicyclic amines) is 1. The van der Waals surface area contributed by atoms with Gasteiger partial charge in [0.25, 0.3) is 0 Å². The first-order valence-electron chi connectivity index (χ1n) is 6.83. The number of rotatable bonds is 4. The molecule has 1 amide bonds. The molecule has 0 aromatic rings. The molecular formula is C13H26N2O3S. The molecule has 1 aliphatic rings. The van der Waals surface area contributed by atoms with E-state index < -0.39 is 10.0 Å². The molecule has 0 spiro atoms. The van der Waals surface area contributed by atoms with Crippen LogP contribution in [0.1, 0.15) is 46.5 Å². The van der Waals surface area contributed by atoms with Crippen molar-refractivity contribution in [2.24, 2.45) is 5.41 Å². The van der Waals surface area contributed by atoms with Crippen molar-refractivity contribution in [3.05, 3.63) is 0 Å². The summed E-state index contributed by atoms with van der Waals surface area (Å²) in [6, 6.07) is -0.00155. The number of carbonyl (C=O) groups is 1. The number of amides is 1. The summed E-state index contributed by atoms with van der Waals surface area (Å²) in [6.45, 7) is 7.19. The van der Waals surface area contributed by atoms with Gasteiger partial charge >= 0.3 is 0 Å². The van der Waals surface area contributed by atoms with Crippen molar-refractivity contribution in [3.63, 3.8) is 0 Å². The Bertz CT molecular complexity index is 412. The summed E-state index contributed by atoms with van der Waals surface area (Å²) < 4.78 is 24.8. The van der Waals surface area contributed by atoms with Crippen LogP contribution in [-0.4, -0.2) is 44.6 Å². The summed E-state index contributed by atoms with van der Waals surface area (Å²) in [5.41, 5.74) is -0.0384. The molecule has 112 valence electrons. The fourth-order valence-electron chi connectivity index (χ4n) is 2.34. The van der Waals surface area contributed by atoms with Gasteiger partial charge < -0.3 is 4.90 Å². The van der Waals surface area contributed by atoms with Crippen LogP contribution >= 0.6 is 0 Å². The predicted molar refractivity (Wildman–Crippen MR) is 76.3 cm³/mol. The van der Waals surface area contributed by atoms with E-state index in [-0.39, 0.29) is 17.4 Å². The summed E-state index contributed by atoms with van der Waals surface area (Å²) in [5.74, 6) is 0.132. The molecule has 1 rings (SSSR count). The zero-order valence-corrected chi connectivity index (χ0v) is 13.2. The number of sulfonamides is 1. The van der Waals surface area contributed by atoms with E-state index in [2.05, 4.69) is 4.72 Å². The van der Waals surface area contributed by atoms with Gasteiger partial charge in [-0.3, -0.25) is 4.79 Å². The lowest BCUT2D eigenvalue weighted by Gasteiger charge is -2.37. The molecule has 0 aliphatic carbocycles. The fraction of sp³-hybridized carbons (Fsp3) is 0.923. The van der Waals surface area contributed by atoms with E-state index in [4.69, 9.17) is 0 Å². The van der Waals surface area contributed by atoms with Gasteiger partial charge in [-0.2, -0.15) is 0 Å². The molecule has 1 fully saturated rings. The maximum absolute atomic E-state index is 12.3. The van der Waals surface area contributed by atoms with Crippen LogP contribution in [0.25, 0.3) is 0 Å². The van der Waals surface area contributed by atoms with E-state index in [1.807, 2.05) is 25.7 Å². The van der Waals surface area contributed by atoms with Crippen LogP contribution in [0.3, 0.4) is 0 Å². The van der Waals surface area contributed by atoms with Crippen LogP contribution in [0.15, 0.2) is 0 Å². The zero-order chi connectivity index (χ0) is 14.7. The van der Waals surface area contributed by atoms with Gasteiger partial charge in [0.05, 0.1) is 6.26 Å². The van der Waals surface area contributed by atoms with Crippen LogP contribution in [-0.2, 0) is 14.8 Å². The number of carbonyl (C=O) groups excluding carboxylic acids is 1. The van der Waals surface area contributed by atoms with Crippen molar-refractivity contribution in [1.82, 2.24) is 9.62 Å². The van der Waals surface area contributed by atoms with Crippen molar-refractivity contribution in [2.45, 2.75) is 52.5 Å². The van der Waals surface area contributed by atoms with E-state index in [9.17, 15) is 13.2 Å². The number of hydrogen-bond donors (Lipinski definition) is 1. The maximum atomic E-state index is 12.3. The molecule has 1 atom stereocenters. The quantitative estimate of drug-likeness (QED) is 0.850. The molecule has 6 heteroatoms. The van der Waals surface area contributed by atoms with E-state index in [0.29, 0.717) is 13.0 Å². The van der Waals surface area contributed by atoms with Crippen molar-refractivity contribution in [2.75, 3.05) is 19.3 Å². The predicted octanol–water partition coefficient (Wildman–Crippen LogP) is 1.35. The summed E-state index contributed by atoms with van der Waals surface area (Å²) in [4.78, 5) is 14.2. The molecule has 0 radical (unpaired) electrons. The zero-order valence-electron chi connectivity index (χ0n) is 12.4. The first-order chi connectivity index (χ1) is 8.58. The van der Waals surface area contributed by atoms with Crippen molar-refractivity contribution < 1.29 is 13.2 Å². The second-order valence-corrected chi connectivity index (χ2v) is 8.43. The van der Waals surface area contributed by atoms with E-state index in [1.54, 1.807) is 0 Å². The lowest BCUT2D eigenvalue weighted by atomic mass is 9.90. The van der Waals surface area contributed by atoms with Crippen molar-refractivity contribution in [3.8, 4) is 0 Å². The highest BCUT2D eigenvalue weighted by molar-refractivity contribution is 7.88. The van der Waals surface area contributed by atoms with Crippen LogP contribution in [0, 0.1) is 5.41 Å². The van der Waals surface area contributed by atoms with Crippen LogP contribution in [0.2, 0.25) is 0 Å². The van der Waals surface area contributed by atoms with Gasteiger partial charge in [-0.05, 0) is 24.7 Å². The Labute approximate surface area is 116 Å². The van der Waals surface area contributed by atoms with Gasteiger partial charge in [0.1, 0.15) is 0 Å². The molecule has 1 aliphatic heterocycles. The normalized spacial score (nSPS) is 21.5.